The second kappa shape index (κ2) is 11.3. The maximum Gasteiger partial charge on any atom is 0.252 e. The Balaban J connectivity index is 1.32. The Morgan fingerprint density at radius 2 is 1.79 bits per heavy atom. The van der Waals surface area contributed by atoms with Gasteiger partial charge in [0.1, 0.15) is 11.6 Å². The Labute approximate surface area is 245 Å². The van der Waals surface area contributed by atoms with Gasteiger partial charge in [0.25, 0.3) is 5.91 Å². The van der Waals surface area contributed by atoms with Crippen molar-refractivity contribution in [1.82, 2.24) is 10.3 Å². The highest BCUT2D eigenvalue weighted by atomic mass is 19.1. The number of phenolic OH excluding ortho intramolecular Hbond substituents is 1. The third kappa shape index (κ3) is 5.60. The first-order chi connectivity index (χ1) is 20.2. The van der Waals surface area contributed by atoms with E-state index in [1.165, 1.54) is 23.9 Å². The highest BCUT2D eigenvalue weighted by molar-refractivity contribution is 5.96. The summed E-state index contributed by atoms with van der Waals surface area (Å²) in [5.41, 5.74) is 13.6. The molecule has 42 heavy (non-hydrogen) atoms. The Hall–Kier alpha value is -4.62. The van der Waals surface area contributed by atoms with Crippen molar-refractivity contribution in [2.75, 3.05) is 18.0 Å². The zero-order chi connectivity index (χ0) is 29.4. The molecule has 6 rings (SSSR count). The van der Waals surface area contributed by atoms with Crippen LogP contribution in [0.4, 0.5) is 10.1 Å². The van der Waals surface area contributed by atoms with Gasteiger partial charge in [0.15, 0.2) is 0 Å². The summed E-state index contributed by atoms with van der Waals surface area (Å²) in [6.07, 6.45) is 1.98. The second-order valence-corrected chi connectivity index (χ2v) is 11.3. The molecule has 1 atom stereocenters. The van der Waals surface area contributed by atoms with Crippen LogP contribution in [0.15, 0.2) is 84.9 Å². The lowest BCUT2D eigenvalue weighted by Crippen LogP contribution is -2.39. The average Bonchev–Trinajstić information content (AvgIpc) is 3.41. The van der Waals surface area contributed by atoms with Crippen molar-refractivity contribution >= 4 is 22.5 Å². The van der Waals surface area contributed by atoms with E-state index in [9.17, 15) is 14.3 Å². The van der Waals surface area contributed by atoms with Crippen LogP contribution in [0.2, 0.25) is 0 Å². The molecule has 1 saturated heterocycles. The molecule has 6 nitrogen and oxygen atoms in total. The quantitative estimate of drug-likeness (QED) is 0.184. The summed E-state index contributed by atoms with van der Waals surface area (Å²) >= 11 is 0. The molecular formula is C35H35FN4O2. The van der Waals surface area contributed by atoms with Crippen LogP contribution >= 0.6 is 0 Å². The number of fused-ring (bicyclic) bond motifs is 1. The molecule has 5 N–H and O–H groups in total. The van der Waals surface area contributed by atoms with E-state index in [4.69, 9.17) is 5.73 Å². The van der Waals surface area contributed by atoms with Gasteiger partial charge >= 0.3 is 0 Å². The molecule has 1 aromatic heterocycles. The van der Waals surface area contributed by atoms with Crippen molar-refractivity contribution in [3.63, 3.8) is 0 Å². The number of aryl methyl sites for hydroxylation is 2. The molecule has 5 aromatic rings. The van der Waals surface area contributed by atoms with Crippen molar-refractivity contribution in [3.8, 4) is 16.9 Å². The van der Waals surface area contributed by atoms with E-state index in [1.807, 2.05) is 49.4 Å². The maximum atomic E-state index is 14.3. The van der Waals surface area contributed by atoms with Gasteiger partial charge in [-0.05, 0) is 109 Å². The van der Waals surface area contributed by atoms with Gasteiger partial charge < -0.3 is 26.0 Å². The lowest BCUT2D eigenvalue weighted by molar-refractivity contribution is 0.0942. The standard InChI is InChI=1S/C35H35FN4O2/c1-21-15-24(29-9-8-28(17-22(29)2)40-13-11-27(37)12-14-40)18-25(16-21)35(42)39-34(30-20-26(36)7-10-33(30)41)32-19-23-5-3-4-6-31(23)38-32/h3-10,15-20,27,34,38,41H,11-14,37H2,1-2H3,(H,39,42). The number of halogens is 1. The number of nitrogens with two attached hydrogens (primary N) is 1. The normalized spacial score (nSPS) is 14.7. The molecule has 0 saturated carbocycles. The SMILES string of the molecule is Cc1cc(C(=O)NC(c2cc3ccccc3[nH]2)c2cc(F)ccc2O)cc(-c2ccc(N3CCC(N)CC3)cc2C)c1. The van der Waals surface area contributed by atoms with Gasteiger partial charge in [0.2, 0.25) is 0 Å². The van der Waals surface area contributed by atoms with Crippen molar-refractivity contribution in [2.45, 2.75) is 38.8 Å². The van der Waals surface area contributed by atoms with Gasteiger partial charge in [-0.3, -0.25) is 4.79 Å². The van der Waals surface area contributed by atoms with E-state index >= 15 is 0 Å². The van der Waals surface area contributed by atoms with Crippen LogP contribution in [0.5, 0.6) is 5.75 Å². The lowest BCUT2D eigenvalue weighted by atomic mass is 9.95. The number of H-pyrrole nitrogens is 1. The highest BCUT2D eigenvalue weighted by Crippen LogP contribution is 2.33. The Bertz CT molecular complexity index is 1740. The summed E-state index contributed by atoms with van der Waals surface area (Å²) in [5, 5.41) is 14.7. The minimum atomic E-state index is -0.803. The molecule has 2 heterocycles. The zero-order valence-corrected chi connectivity index (χ0v) is 23.8. The first kappa shape index (κ1) is 27.5. The van der Waals surface area contributed by atoms with Crippen LogP contribution < -0.4 is 16.0 Å². The number of carbonyl (C=O) groups is 1. The monoisotopic (exact) mass is 562 g/mol. The topological polar surface area (TPSA) is 94.4 Å². The number of para-hydroxylation sites is 1. The van der Waals surface area contributed by atoms with Crippen LogP contribution in [0.1, 0.15) is 51.6 Å². The van der Waals surface area contributed by atoms with E-state index in [0.717, 1.165) is 59.1 Å². The zero-order valence-electron chi connectivity index (χ0n) is 23.8. The summed E-state index contributed by atoms with van der Waals surface area (Å²) in [6, 6.07) is 25.1. The number of rotatable bonds is 6. The number of phenols is 1. The van der Waals surface area contributed by atoms with Gasteiger partial charge in [0, 0.05) is 47.2 Å². The van der Waals surface area contributed by atoms with E-state index in [-0.39, 0.29) is 23.3 Å². The van der Waals surface area contributed by atoms with E-state index in [1.54, 1.807) is 0 Å². The van der Waals surface area contributed by atoms with Crippen LogP contribution in [0.3, 0.4) is 0 Å². The minimum Gasteiger partial charge on any atom is -0.508 e. The molecule has 0 spiro atoms. The van der Waals surface area contributed by atoms with Crippen LogP contribution in [0.25, 0.3) is 22.0 Å². The van der Waals surface area contributed by atoms with Gasteiger partial charge in [-0.15, -0.1) is 0 Å². The molecule has 1 unspecified atom stereocenters. The minimum absolute atomic E-state index is 0.100. The fraction of sp³-hybridized carbons (Fsp3) is 0.229. The number of hydrogen-bond donors (Lipinski definition) is 4. The molecule has 0 bridgehead atoms. The smallest absolute Gasteiger partial charge is 0.252 e. The summed E-state index contributed by atoms with van der Waals surface area (Å²) in [7, 11) is 0. The van der Waals surface area contributed by atoms with Gasteiger partial charge in [-0.25, -0.2) is 4.39 Å². The van der Waals surface area contributed by atoms with Gasteiger partial charge in [-0.2, -0.15) is 0 Å². The number of aromatic nitrogens is 1. The Kier molecular flexibility index (Phi) is 7.43. The predicted octanol–water partition coefficient (Wildman–Crippen LogP) is 6.74. The van der Waals surface area contributed by atoms with E-state index in [0.29, 0.717) is 11.3 Å². The molecule has 4 aromatic carbocycles. The number of amides is 1. The van der Waals surface area contributed by atoms with Crippen LogP contribution in [0, 0.1) is 19.7 Å². The van der Waals surface area contributed by atoms with Crippen LogP contribution in [-0.4, -0.2) is 35.1 Å². The second-order valence-electron chi connectivity index (χ2n) is 11.3. The van der Waals surface area contributed by atoms with Gasteiger partial charge in [0.05, 0.1) is 6.04 Å². The number of piperidine rings is 1. The van der Waals surface area contributed by atoms with E-state index in [2.05, 4.69) is 46.4 Å². The maximum absolute atomic E-state index is 14.3. The fourth-order valence-electron chi connectivity index (χ4n) is 5.94. The number of aromatic amines is 1. The first-order valence-electron chi connectivity index (χ1n) is 14.4. The molecule has 0 aliphatic carbocycles. The summed E-state index contributed by atoms with van der Waals surface area (Å²) in [5.74, 6) is -0.926. The van der Waals surface area contributed by atoms with Crippen LogP contribution in [-0.2, 0) is 0 Å². The molecule has 214 valence electrons. The third-order valence-electron chi connectivity index (χ3n) is 8.20. The average molecular weight is 563 g/mol. The highest BCUT2D eigenvalue weighted by Gasteiger charge is 2.24. The molecule has 1 amide bonds. The number of benzene rings is 4. The number of nitrogens with zero attached hydrogens (tertiary/aromatic N) is 1. The molecular weight excluding hydrogens is 527 g/mol. The van der Waals surface area contributed by atoms with Crippen molar-refractivity contribution in [2.24, 2.45) is 5.73 Å². The molecule has 7 heteroatoms. The number of anilines is 1. The molecule has 1 aliphatic heterocycles. The first-order valence-corrected chi connectivity index (χ1v) is 14.4. The number of carbonyl (C=O) groups excluding carboxylic acids is 1. The summed E-state index contributed by atoms with van der Waals surface area (Å²) in [4.78, 5) is 19.5. The molecule has 1 aliphatic rings. The Morgan fingerprint density at radius 1 is 1.00 bits per heavy atom. The summed E-state index contributed by atoms with van der Waals surface area (Å²) in [6.45, 7) is 5.96. The fourth-order valence-corrected chi connectivity index (χ4v) is 5.94. The number of nitrogens with one attached hydrogen (secondary N) is 2. The van der Waals surface area contributed by atoms with Crippen molar-refractivity contribution in [3.05, 3.63) is 119 Å². The molecule has 0 radical (unpaired) electrons. The molecule has 1 fully saturated rings. The third-order valence-corrected chi connectivity index (χ3v) is 8.20. The van der Waals surface area contributed by atoms with E-state index < -0.39 is 11.9 Å². The Morgan fingerprint density at radius 3 is 2.55 bits per heavy atom. The largest absolute Gasteiger partial charge is 0.508 e. The predicted molar refractivity (Wildman–Crippen MR) is 166 cm³/mol. The summed E-state index contributed by atoms with van der Waals surface area (Å²) < 4.78 is 14.3. The number of hydrogen-bond acceptors (Lipinski definition) is 4. The van der Waals surface area contributed by atoms with Crippen molar-refractivity contribution < 1.29 is 14.3 Å². The lowest BCUT2D eigenvalue weighted by Gasteiger charge is -2.32. The van der Waals surface area contributed by atoms with Gasteiger partial charge in [-0.1, -0.05) is 30.3 Å². The number of aromatic hydroxyl groups is 1. The van der Waals surface area contributed by atoms with Crippen molar-refractivity contribution in [1.29, 1.82) is 0 Å².